The number of aryl methyl sites for hydroxylation is 1. The van der Waals surface area contributed by atoms with Gasteiger partial charge in [-0.3, -0.25) is 9.89 Å². The first-order valence-electron chi connectivity index (χ1n) is 6.01. The number of H-pyrrole nitrogens is 1. The minimum atomic E-state index is -0.0246. The third-order valence-corrected chi connectivity index (χ3v) is 4.84. The van der Waals surface area contributed by atoms with Crippen molar-refractivity contribution in [2.75, 3.05) is 11.9 Å². The number of hydrogen-bond acceptors (Lipinski definition) is 2. The number of alkyl halides is 1. The summed E-state index contributed by atoms with van der Waals surface area (Å²) in [6.45, 7) is 2.61. The molecule has 1 aromatic rings. The predicted molar refractivity (Wildman–Crippen MR) is 70.4 cm³/mol. The van der Waals surface area contributed by atoms with Gasteiger partial charge in [0, 0.05) is 17.6 Å². The Morgan fingerprint density at radius 3 is 2.82 bits per heavy atom. The van der Waals surface area contributed by atoms with Crippen LogP contribution in [0.25, 0.3) is 0 Å². The van der Waals surface area contributed by atoms with E-state index in [1.54, 1.807) is 6.20 Å². The Bertz CT molecular complexity index is 396. The van der Waals surface area contributed by atoms with Crippen molar-refractivity contribution < 1.29 is 4.79 Å². The molecule has 1 saturated carbocycles. The molecule has 2 rings (SSSR count). The summed E-state index contributed by atoms with van der Waals surface area (Å²) in [6.07, 6.45) is 6.52. The Balaban J connectivity index is 1.94. The van der Waals surface area contributed by atoms with Gasteiger partial charge in [0.25, 0.3) is 5.91 Å². The highest BCUT2D eigenvalue weighted by atomic mass is 79.9. The quantitative estimate of drug-likeness (QED) is 0.839. The maximum absolute atomic E-state index is 12.0. The van der Waals surface area contributed by atoms with Crippen molar-refractivity contribution in [3.8, 4) is 0 Å². The molecule has 17 heavy (non-hydrogen) atoms. The van der Waals surface area contributed by atoms with E-state index in [0.717, 1.165) is 17.6 Å². The van der Waals surface area contributed by atoms with Crippen molar-refractivity contribution in [3.05, 3.63) is 17.5 Å². The molecular weight excluding hydrogens is 282 g/mol. The normalized spacial score (nSPS) is 18.2. The second-order valence-electron chi connectivity index (χ2n) is 4.93. The van der Waals surface area contributed by atoms with E-state index in [1.165, 1.54) is 25.7 Å². The fourth-order valence-corrected chi connectivity index (χ4v) is 3.18. The third-order valence-electron chi connectivity index (χ3n) is 3.65. The molecule has 0 aromatic carbocycles. The molecule has 5 heteroatoms. The van der Waals surface area contributed by atoms with Gasteiger partial charge in [0.05, 0.1) is 11.8 Å². The van der Waals surface area contributed by atoms with Crippen molar-refractivity contribution in [1.82, 2.24) is 15.5 Å². The number of rotatable bonds is 4. The molecule has 0 aliphatic heterocycles. The Morgan fingerprint density at radius 1 is 1.59 bits per heavy atom. The molecule has 0 radical (unpaired) electrons. The zero-order chi connectivity index (χ0) is 12.3. The highest BCUT2D eigenvalue weighted by Gasteiger charge is 2.33. The molecule has 94 valence electrons. The number of halogens is 1. The largest absolute Gasteiger partial charge is 0.351 e. The minimum absolute atomic E-state index is 0.0246. The summed E-state index contributed by atoms with van der Waals surface area (Å²) in [5, 5.41) is 10.6. The zero-order valence-electron chi connectivity index (χ0n) is 10.1. The lowest BCUT2D eigenvalue weighted by Crippen LogP contribution is -2.37. The fourth-order valence-electron chi connectivity index (χ4n) is 2.43. The first kappa shape index (κ1) is 12.6. The molecule has 4 nitrogen and oxygen atoms in total. The molecule has 1 amide bonds. The molecule has 1 aliphatic rings. The van der Waals surface area contributed by atoms with Crippen molar-refractivity contribution >= 4 is 21.8 Å². The molecule has 0 unspecified atom stereocenters. The van der Waals surface area contributed by atoms with E-state index in [0.29, 0.717) is 5.56 Å². The highest BCUT2D eigenvalue weighted by molar-refractivity contribution is 9.09. The Morgan fingerprint density at radius 2 is 2.29 bits per heavy atom. The SMILES string of the molecule is Cc1[nH]ncc1C(=O)NCC1(CBr)CCCC1. The van der Waals surface area contributed by atoms with E-state index in [-0.39, 0.29) is 11.3 Å². The number of amides is 1. The topological polar surface area (TPSA) is 57.8 Å². The van der Waals surface area contributed by atoms with Crippen molar-refractivity contribution in [1.29, 1.82) is 0 Å². The first-order chi connectivity index (χ1) is 8.17. The molecule has 2 N–H and O–H groups in total. The number of carbonyl (C=O) groups is 1. The van der Waals surface area contributed by atoms with Crippen LogP contribution in [0.5, 0.6) is 0 Å². The van der Waals surface area contributed by atoms with Crippen LogP contribution >= 0.6 is 15.9 Å². The number of carbonyl (C=O) groups excluding carboxylic acids is 1. The van der Waals surface area contributed by atoms with E-state index in [2.05, 4.69) is 31.4 Å². The van der Waals surface area contributed by atoms with Crippen molar-refractivity contribution in [3.63, 3.8) is 0 Å². The van der Waals surface area contributed by atoms with Crippen LogP contribution < -0.4 is 5.32 Å². The number of aromatic amines is 1. The molecular formula is C12H18BrN3O. The Labute approximate surface area is 110 Å². The average Bonchev–Trinajstić information content (AvgIpc) is 2.95. The second-order valence-corrected chi connectivity index (χ2v) is 5.49. The molecule has 0 spiro atoms. The standard InChI is InChI=1S/C12H18BrN3O/c1-9-10(6-15-16-9)11(17)14-8-12(7-13)4-2-3-5-12/h6H,2-5,7-8H2,1H3,(H,14,17)(H,15,16). The summed E-state index contributed by atoms with van der Waals surface area (Å²) in [5.41, 5.74) is 1.72. The van der Waals surface area contributed by atoms with E-state index < -0.39 is 0 Å². The Hall–Kier alpha value is -0.840. The number of aromatic nitrogens is 2. The van der Waals surface area contributed by atoms with Crippen LogP contribution in [-0.2, 0) is 0 Å². The summed E-state index contributed by atoms with van der Waals surface area (Å²) in [5.74, 6) is -0.0246. The zero-order valence-corrected chi connectivity index (χ0v) is 11.6. The molecule has 0 saturated heterocycles. The summed E-state index contributed by atoms with van der Waals surface area (Å²) in [4.78, 5) is 12.0. The van der Waals surface area contributed by atoms with Crippen LogP contribution in [0.3, 0.4) is 0 Å². The van der Waals surface area contributed by atoms with E-state index in [9.17, 15) is 4.79 Å². The van der Waals surface area contributed by atoms with Gasteiger partial charge in [0.1, 0.15) is 0 Å². The molecule has 1 heterocycles. The van der Waals surface area contributed by atoms with Gasteiger partial charge >= 0.3 is 0 Å². The predicted octanol–water partition coefficient (Wildman–Crippen LogP) is 2.40. The molecule has 1 aliphatic carbocycles. The molecule has 1 aromatic heterocycles. The van der Waals surface area contributed by atoms with Gasteiger partial charge in [-0.05, 0) is 25.2 Å². The number of hydrogen-bond donors (Lipinski definition) is 2. The maximum Gasteiger partial charge on any atom is 0.254 e. The van der Waals surface area contributed by atoms with Crippen LogP contribution in [0.15, 0.2) is 6.20 Å². The van der Waals surface area contributed by atoms with Crippen LogP contribution in [-0.4, -0.2) is 28.0 Å². The third kappa shape index (κ3) is 2.70. The van der Waals surface area contributed by atoms with E-state index in [4.69, 9.17) is 0 Å². The maximum atomic E-state index is 12.0. The van der Waals surface area contributed by atoms with Crippen LogP contribution in [0, 0.1) is 12.3 Å². The van der Waals surface area contributed by atoms with Gasteiger partial charge in [-0.1, -0.05) is 28.8 Å². The average molecular weight is 300 g/mol. The van der Waals surface area contributed by atoms with Gasteiger partial charge < -0.3 is 5.32 Å². The smallest absolute Gasteiger partial charge is 0.254 e. The van der Waals surface area contributed by atoms with Crippen LogP contribution in [0.1, 0.15) is 41.7 Å². The van der Waals surface area contributed by atoms with Gasteiger partial charge in [-0.25, -0.2) is 0 Å². The lowest BCUT2D eigenvalue weighted by atomic mass is 9.89. The minimum Gasteiger partial charge on any atom is -0.351 e. The van der Waals surface area contributed by atoms with E-state index >= 15 is 0 Å². The summed E-state index contributed by atoms with van der Waals surface area (Å²) in [7, 11) is 0. The first-order valence-corrected chi connectivity index (χ1v) is 7.13. The van der Waals surface area contributed by atoms with Crippen LogP contribution in [0.4, 0.5) is 0 Å². The van der Waals surface area contributed by atoms with E-state index in [1.807, 2.05) is 6.92 Å². The molecule has 0 bridgehead atoms. The summed E-state index contributed by atoms with van der Waals surface area (Å²) in [6, 6.07) is 0. The fraction of sp³-hybridized carbons (Fsp3) is 0.667. The van der Waals surface area contributed by atoms with Gasteiger partial charge in [0.15, 0.2) is 0 Å². The lowest BCUT2D eigenvalue weighted by Gasteiger charge is -2.26. The highest BCUT2D eigenvalue weighted by Crippen LogP contribution is 2.38. The number of nitrogens with one attached hydrogen (secondary N) is 2. The van der Waals surface area contributed by atoms with Crippen LogP contribution in [0.2, 0.25) is 0 Å². The van der Waals surface area contributed by atoms with Crippen molar-refractivity contribution in [2.45, 2.75) is 32.6 Å². The summed E-state index contributed by atoms with van der Waals surface area (Å²) >= 11 is 3.58. The monoisotopic (exact) mass is 299 g/mol. The molecule has 0 atom stereocenters. The number of nitrogens with zero attached hydrogens (tertiary/aromatic N) is 1. The lowest BCUT2D eigenvalue weighted by molar-refractivity contribution is 0.0935. The Kier molecular flexibility index (Phi) is 3.86. The van der Waals surface area contributed by atoms with Gasteiger partial charge in [-0.2, -0.15) is 5.10 Å². The second kappa shape index (κ2) is 5.21. The van der Waals surface area contributed by atoms with Gasteiger partial charge in [-0.15, -0.1) is 0 Å². The van der Waals surface area contributed by atoms with Crippen molar-refractivity contribution in [2.24, 2.45) is 5.41 Å². The summed E-state index contributed by atoms with van der Waals surface area (Å²) < 4.78 is 0. The molecule has 1 fully saturated rings. The van der Waals surface area contributed by atoms with Gasteiger partial charge in [0.2, 0.25) is 0 Å².